The van der Waals surface area contributed by atoms with Gasteiger partial charge in [-0.1, -0.05) is 0 Å². The second kappa shape index (κ2) is 6.81. The average Bonchev–Trinajstić information content (AvgIpc) is 3.05. The molecule has 1 aliphatic heterocycles. The van der Waals surface area contributed by atoms with E-state index in [1.165, 1.54) is 0 Å². The number of nitrogens with zero attached hydrogens (tertiary/aromatic N) is 3. The molecule has 4 rings (SSSR count). The summed E-state index contributed by atoms with van der Waals surface area (Å²) in [5.41, 5.74) is 3.48. The van der Waals surface area contributed by atoms with E-state index in [1.807, 2.05) is 23.6 Å². The van der Waals surface area contributed by atoms with E-state index in [0.29, 0.717) is 26.1 Å². The Balaban J connectivity index is 1.60. The van der Waals surface area contributed by atoms with Crippen LogP contribution in [0.2, 0.25) is 0 Å². The molecule has 1 N–H and O–H groups in total. The maximum atomic E-state index is 12.9. The molecule has 1 aliphatic carbocycles. The van der Waals surface area contributed by atoms with Crippen LogP contribution in [0.5, 0.6) is 0 Å². The molecule has 8 heteroatoms. The van der Waals surface area contributed by atoms with Gasteiger partial charge in [-0.2, -0.15) is 18.3 Å². The van der Waals surface area contributed by atoms with Crippen molar-refractivity contribution in [3.8, 4) is 0 Å². The van der Waals surface area contributed by atoms with Gasteiger partial charge in [-0.3, -0.25) is 0 Å². The zero-order valence-electron chi connectivity index (χ0n) is 14.7. The molecule has 2 aliphatic rings. The standard InChI is InChI=1S/C18H23F3N4O/c1-11-8-16(15-10-26-7-6-22-15)25-17(23-11)9-14(24-25)12-2-4-13(5-3-12)18(19,20)21/h8-9,12-13,15,22H,2-7,10H2,1H3/t12?,13?,15-/m1/s1. The summed E-state index contributed by atoms with van der Waals surface area (Å²) in [5, 5.41) is 8.14. The van der Waals surface area contributed by atoms with E-state index in [1.54, 1.807) is 0 Å². The average molecular weight is 368 g/mol. The first-order chi connectivity index (χ1) is 12.4. The fourth-order valence-corrected chi connectivity index (χ4v) is 4.07. The summed E-state index contributed by atoms with van der Waals surface area (Å²) in [4.78, 5) is 4.55. The summed E-state index contributed by atoms with van der Waals surface area (Å²) in [7, 11) is 0. The van der Waals surface area contributed by atoms with Gasteiger partial charge in [0, 0.05) is 24.2 Å². The van der Waals surface area contributed by atoms with Crippen LogP contribution < -0.4 is 5.32 Å². The number of ether oxygens (including phenoxy) is 1. The van der Waals surface area contributed by atoms with Crippen LogP contribution in [-0.4, -0.2) is 40.5 Å². The van der Waals surface area contributed by atoms with Crippen LogP contribution in [0.15, 0.2) is 12.1 Å². The molecule has 0 radical (unpaired) electrons. The van der Waals surface area contributed by atoms with E-state index in [4.69, 9.17) is 9.84 Å². The van der Waals surface area contributed by atoms with E-state index in [0.717, 1.165) is 29.3 Å². The molecule has 1 saturated carbocycles. The molecule has 1 saturated heterocycles. The molecule has 142 valence electrons. The van der Waals surface area contributed by atoms with E-state index >= 15 is 0 Å². The van der Waals surface area contributed by atoms with Gasteiger partial charge < -0.3 is 10.1 Å². The monoisotopic (exact) mass is 368 g/mol. The Labute approximate surface area is 149 Å². The van der Waals surface area contributed by atoms with Gasteiger partial charge in [0.1, 0.15) is 0 Å². The maximum absolute atomic E-state index is 12.9. The lowest BCUT2D eigenvalue weighted by Gasteiger charge is -2.28. The van der Waals surface area contributed by atoms with Crippen LogP contribution in [0.4, 0.5) is 13.2 Å². The van der Waals surface area contributed by atoms with Gasteiger partial charge in [-0.15, -0.1) is 0 Å². The van der Waals surface area contributed by atoms with Crippen LogP contribution in [0.25, 0.3) is 5.65 Å². The highest BCUT2D eigenvalue weighted by atomic mass is 19.4. The molecule has 2 aromatic heterocycles. The van der Waals surface area contributed by atoms with Crippen molar-refractivity contribution in [2.45, 2.75) is 50.7 Å². The lowest BCUT2D eigenvalue weighted by Crippen LogP contribution is -2.35. The van der Waals surface area contributed by atoms with Gasteiger partial charge in [-0.05, 0) is 38.7 Å². The lowest BCUT2D eigenvalue weighted by atomic mass is 9.80. The first-order valence-electron chi connectivity index (χ1n) is 9.17. The highest BCUT2D eigenvalue weighted by Crippen LogP contribution is 2.42. The largest absolute Gasteiger partial charge is 0.391 e. The summed E-state index contributed by atoms with van der Waals surface area (Å²) in [6.07, 6.45) is -2.68. The Morgan fingerprint density at radius 1 is 1.19 bits per heavy atom. The van der Waals surface area contributed by atoms with Crippen molar-refractivity contribution in [3.05, 3.63) is 29.2 Å². The van der Waals surface area contributed by atoms with Gasteiger partial charge in [0.05, 0.1) is 36.6 Å². The molecule has 3 heterocycles. The van der Waals surface area contributed by atoms with E-state index in [9.17, 15) is 13.2 Å². The number of hydrogen-bond acceptors (Lipinski definition) is 4. The minimum absolute atomic E-state index is 0.0432. The van der Waals surface area contributed by atoms with Gasteiger partial charge >= 0.3 is 6.18 Å². The van der Waals surface area contributed by atoms with E-state index in [-0.39, 0.29) is 24.8 Å². The Kier molecular flexibility index (Phi) is 4.64. The molecule has 1 atom stereocenters. The quantitative estimate of drug-likeness (QED) is 0.881. The Morgan fingerprint density at radius 3 is 2.62 bits per heavy atom. The number of morpholine rings is 1. The minimum atomic E-state index is -4.08. The van der Waals surface area contributed by atoms with Crippen molar-refractivity contribution >= 4 is 5.65 Å². The number of alkyl halides is 3. The topological polar surface area (TPSA) is 51.5 Å². The molecular weight excluding hydrogens is 345 g/mol. The van der Waals surface area contributed by atoms with Gasteiger partial charge in [0.25, 0.3) is 0 Å². The molecule has 0 amide bonds. The normalized spacial score (nSPS) is 27.8. The third kappa shape index (κ3) is 3.44. The van der Waals surface area contributed by atoms with Crippen LogP contribution in [0, 0.1) is 12.8 Å². The Morgan fingerprint density at radius 2 is 1.96 bits per heavy atom. The zero-order chi connectivity index (χ0) is 18.3. The van der Waals surface area contributed by atoms with Crippen molar-refractivity contribution in [3.63, 3.8) is 0 Å². The number of rotatable bonds is 2. The lowest BCUT2D eigenvalue weighted by molar-refractivity contribution is -0.182. The van der Waals surface area contributed by atoms with Crippen LogP contribution in [-0.2, 0) is 4.74 Å². The summed E-state index contributed by atoms with van der Waals surface area (Å²) < 4.78 is 46.1. The molecular formula is C18H23F3N4O. The first-order valence-corrected chi connectivity index (χ1v) is 9.17. The smallest absolute Gasteiger partial charge is 0.378 e. The molecule has 0 unspecified atom stereocenters. The molecule has 0 aromatic carbocycles. The number of hydrogen-bond donors (Lipinski definition) is 1. The fraction of sp³-hybridized carbons (Fsp3) is 0.667. The van der Waals surface area contributed by atoms with Crippen molar-refractivity contribution in [2.75, 3.05) is 19.8 Å². The summed E-state index contributed by atoms with van der Waals surface area (Å²) >= 11 is 0. The first kappa shape index (κ1) is 17.7. The van der Waals surface area contributed by atoms with Gasteiger partial charge in [-0.25, -0.2) is 9.50 Å². The van der Waals surface area contributed by atoms with Crippen LogP contribution >= 0.6 is 0 Å². The molecule has 26 heavy (non-hydrogen) atoms. The second-order valence-electron chi connectivity index (χ2n) is 7.33. The third-order valence-electron chi connectivity index (χ3n) is 5.49. The Hall–Kier alpha value is -1.67. The van der Waals surface area contributed by atoms with E-state index in [2.05, 4.69) is 10.3 Å². The predicted octanol–water partition coefficient (Wildman–Crippen LogP) is 3.53. The summed E-state index contributed by atoms with van der Waals surface area (Å²) in [6, 6.07) is 3.97. The Bertz CT molecular complexity index is 775. The number of aryl methyl sites for hydroxylation is 1. The van der Waals surface area contributed by atoms with E-state index < -0.39 is 12.1 Å². The second-order valence-corrected chi connectivity index (χ2v) is 7.33. The van der Waals surface area contributed by atoms with Gasteiger partial charge in [0.15, 0.2) is 5.65 Å². The van der Waals surface area contributed by atoms with Crippen LogP contribution in [0.1, 0.15) is 54.7 Å². The molecule has 0 bridgehead atoms. The van der Waals surface area contributed by atoms with Gasteiger partial charge in [0.2, 0.25) is 0 Å². The molecule has 5 nitrogen and oxygen atoms in total. The maximum Gasteiger partial charge on any atom is 0.391 e. The van der Waals surface area contributed by atoms with Crippen molar-refractivity contribution in [2.24, 2.45) is 5.92 Å². The number of aromatic nitrogens is 3. The van der Waals surface area contributed by atoms with Crippen molar-refractivity contribution < 1.29 is 17.9 Å². The minimum Gasteiger partial charge on any atom is -0.378 e. The highest BCUT2D eigenvalue weighted by Gasteiger charge is 2.42. The third-order valence-corrected chi connectivity index (χ3v) is 5.49. The number of fused-ring (bicyclic) bond motifs is 1. The van der Waals surface area contributed by atoms with Crippen LogP contribution in [0.3, 0.4) is 0 Å². The fourth-order valence-electron chi connectivity index (χ4n) is 4.07. The van der Waals surface area contributed by atoms with Crippen molar-refractivity contribution in [1.29, 1.82) is 0 Å². The number of halogens is 3. The zero-order valence-corrected chi connectivity index (χ0v) is 14.7. The SMILES string of the molecule is Cc1cc([C@H]2COCCN2)n2nc(C3CCC(C(F)(F)F)CC3)cc2n1. The summed E-state index contributed by atoms with van der Waals surface area (Å²) in [6.45, 7) is 3.98. The highest BCUT2D eigenvalue weighted by molar-refractivity contribution is 5.43. The molecule has 2 aromatic rings. The number of nitrogens with one attached hydrogen (secondary N) is 1. The summed E-state index contributed by atoms with van der Waals surface area (Å²) in [5.74, 6) is -1.10. The predicted molar refractivity (Wildman–Crippen MR) is 90.0 cm³/mol. The van der Waals surface area contributed by atoms with Crippen molar-refractivity contribution in [1.82, 2.24) is 19.9 Å². The molecule has 2 fully saturated rings. The molecule has 0 spiro atoms.